The second kappa shape index (κ2) is 4.89. The maximum absolute atomic E-state index is 11.2. The number of amides is 1. The van der Waals surface area contributed by atoms with Crippen molar-refractivity contribution in [3.8, 4) is 11.5 Å². The van der Waals surface area contributed by atoms with E-state index in [4.69, 9.17) is 26.8 Å². The van der Waals surface area contributed by atoms with Crippen LogP contribution in [0.2, 0.25) is 5.02 Å². The third kappa shape index (κ3) is 2.28. The van der Waals surface area contributed by atoms with E-state index in [1.165, 1.54) is 14.2 Å². The zero-order chi connectivity index (χ0) is 11.6. The van der Waals surface area contributed by atoms with E-state index < -0.39 is 5.91 Å². The molecule has 1 aromatic rings. The van der Waals surface area contributed by atoms with Gasteiger partial charge in [0.15, 0.2) is 11.5 Å². The lowest BCUT2D eigenvalue weighted by Gasteiger charge is -2.13. The molecule has 0 spiro atoms. The highest BCUT2D eigenvalue weighted by Crippen LogP contribution is 2.39. The molecule has 1 amide bonds. The second-order valence-electron chi connectivity index (χ2n) is 2.65. The molecule has 0 unspecified atom stereocenters. The van der Waals surface area contributed by atoms with Gasteiger partial charge in [0.1, 0.15) is 5.56 Å². The summed E-state index contributed by atoms with van der Waals surface area (Å²) < 4.78 is 10.9. The van der Waals surface area contributed by atoms with Crippen LogP contribution in [-0.2, 0) is 0 Å². The molecule has 2 N–H and O–H groups in total. The molecule has 0 saturated heterocycles. The summed E-state index contributed by atoms with van der Waals surface area (Å²) in [4.78, 5) is 11.2. The highest BCUT2D eigenvalue weighted by molar-refractivity contribution is 14.1. The van der Waals surface area contributed by atoms with E-state index in [-0.39, 0.29) is 16.3 Å². The third-order valence-corrected chi connectivity index (χ3v) is 2.90. The largest absolute Gasteiger partial charge is 0.492 e. The van der Waals surface area contributed by atoms with Crippen molar-refractivity contribution in [1.82, 2.24) is 0 Å². The van der Waals surface area contributed by atoms with Gasteiger partial charge in [0.2, 0.25) is 0 Å². The maximum atomic E-state index is 11.2. The summed E-state index contributed by atoms with van der Waals surface area (Å²) >= 11 is 7.93. The molecule has 0 aliphatic heterocycles. The third-order valence-electron chi connectivity index (χ3n) is 1.80. The van der Waals surface area contributed by atoms with E-state index in [1.54, 1.807) is 6.07 Å². The molecule has 0 heterocycles. The summed E-state index contributed by atoms with van der Waals surface area (Å²) in [5, 5.41) is 0.254. The van der Waals surface area contributed by atoms with Crippen LogP contribution in [0, 0.1) is 3.57 Å². The number of carbonyl (C=O) groups is 1. The first-order valence-corrected chi connectivity index (χ1v) is 5.38. The van der Waals surface area contributed by atoms with Gasteiger partial charge in [-0.3, -0.25) is 4.79 Å². The normalized spacial score (nSPS) is 9.87. The Morgan fingerprint density at radius 1 is 1.40 bits per heavy atom. The summed E-state index contributed by atoms with van der Waals surface area (Å²) in [7, 11) is 2.91. The van der Waals surface area contributed by atoms with Gasteiger partial charge in [-0.05, 0) is 28.7 Å². The van der Waals surface area contributed by atoms with E-state index in [0.29, 0.717) is 5.75 Å². The zero-order valence-electron chi connectivity index (χ0n) is 8.14. The van der Waals surface area contributed by atoms with Gasteiger partial charge in [0, 0.05) is 0 Å². The standard InChI is InChI=1S/C9H9ClINO3/c1-14-7-5(11)3-4(10)6(9(12)13)8(7)15-2/h3H,1-2H3,(H2,12,13). The summed E-state index contributed by atoms with van der Waals surface area (Å²) in [6.07, 6.45) is 0. The van der Waals surface area contributed by atoms with Crippen molar-refractivity contribution in [3.05, 3.63) is 20.2 Å². The lowest BCUT2D eigenvalue weighted by Crippen LogP contribution is -2.14. The summed E-state index contributed by atoms with van der Waals surface area (Å²) in [5.41, 5.74) is 5.34. The lowest BCUT2D eigenvalue weighted by atomic mass is 10.1. The Labute approximate surface area is 106 Å². The first-order valence-electron chi connectivity index (χ1n) is 3.92. The number of primary amides is 1. The van der Waals surface area contributed by atoms with Crippen molar-refractivity contribution in [2.45, 2.75) is 0 Å². The monoisotopic (exact) mass is 341 g/mol. The Balaban J connectivity index is 3.56. The fourth-order valence-corrected chi connectivity index (χ4v) is 2.44. The molecule has 15 heavy (non-hydrogen) atoms. The molecule has 0 fully saturated rings. The summed E-state index contributed by atoms with van der Waals surface area (Å²) in [6.45, 7) is 0. The summed E-state index contributed by atoms with van der Waals surface area (Å²) in [5.74, 6) is 0.0738. The number of methoxy groups -OCH3 is 2. The molecule has 0 aliphatic carbocycles. The number of rotatable bonds is 3. The average Bonchev–Trinajstić information content (AvgIpc) is 2.15. The first kappa shape index (κ1) is 12.4. The number of halogens is 2. The van der Waals surface area contributed by atoms with Gasteiger partial charge in [0.05, 0.1) is 22.8 Å². The number of ether oxygens (including phenoxy) is 2. The molecule has 0 saturated carbocycles. The van der Waals surface area contributed by atoms with Crippen molar-refractivity contribution in [2.24, 2.45) is 5.73 Å². The lowest BCUT2D eigenvalue weighted by molar-refractivity contribution is 0.0997. The highest BCUT2D eigenvalue weighted by atomic mass is 127. The second-order valence-corrected chi connectivity index (χ2v) is 4.22. The molecular formula is C9H9ClINO3. The van der Waals surface area contributed by atoms with Gasteiger partial charge in [-0.15, -0.1) is 0 Å². The van der Waals surface area contributed by atoms with Crippen molar-refractivity contribution in [2.75, 3.05) is 14.2 Å². The van der Waals surface area contributed by atoms with Crippen molar-refractivity contribution < 1.29 is 14.3 Å². The molecule has 4 nitrogen and oxygen atoms in total. The Morgan fingerprint density at radius 3 is 2.33 bits per heavy atom. The fraction of sp³-hybridized carbons (Fsp3) is 0.222. The number of nitrogens with two attached hydrogens (primary N) is 1. The smallest absolute Gasteiger partial charge is 0.254 e. The van der Waals surface area contributed by atoms with E-state index in [0.717, 1.165) is 3.57 Å². The first-order chi connectivity index (χ1) is 7.02. The SMILES string of the molecule is COc1c(I)cc(Cl)c(C(N)=O)c1OC. The van der Waals surface area contributed by atoms with Crippen LogP contribution >= 0.6 is 34.2 Å². The van der Waals surface area contributed by atoms with Crippen LogP contribution in [0.5, 0.6) is 11.5 Å². The molecule has 0 bridgehead atoms. The Hall–Kier alpha value is -0.690. The number of hydrogen-bond acceptors (Lipinski definition) is 3. The number of carbonyl (C=O) groups excluding carboxylic acids is 1. The molecule has 82 valence electrons. The van der Waals surface area contributed by atoms with Crippen LogP contribution in [0.4, 0.5) is 0 Å². The zero-order valence-corrected chi connectivity index (χ0v) is 11.0. The van der Waals surface area contributed by atoms with Crippen LogP contribution in [0.3, 0.4) is 0 Å². The molecule has 0 radical (unpaired) electrons. The molecule has 6 heteroatoms. The van der Waals surface area contributed by atoms with Gasteiger partial charge in [0.25, 0.3) is 5.91 Å². The Kier molecular flexibility index (Phi) is 4.04. The van der Waals surface area contributed by atoms with Gasteiger partial charge in [-0.1, -0.05) is 11.6 Å². The fourth-order valence-electron chi connectivity index (χ4n) is 1.19. The maximum Gasteiger partial charge on any atom is 0.254 e. The number of benzene rings is 1. The van der Waals surface area contributed by atoms with E-state index in [2.05, 4.69) is 0 Å². The van der Waals surface area contributed by atoms with Crippen molar-refractivity contribution in [1.29, 1.82) is 0 Å². The molecular weight excluding hydrogens is 332 g/mol. The predicted octanol–water partition coefficient (Wildman–Crippen LogP) is 2.06. The molecule has 0 atom stereocenters. The van der Waals surface area contributed by atoms with Crippen LogP contribution < -0.4 is 15.2 Å². The van der Waals surface area contributed by atoms with Crippen molar-refractivity contribution >= 4 is 40.1 Å². The number of hydrogen-bond donors (Lipinski definition) is 1. The predicted molar refractivity (Wildman–Crippen MR) is 65.8 cm³/mol. The van der Waals surface area contributed by atoms with Crippen LogP contribution in [0.15, 0.2) is 6.07 Å². The van der Waals surface area contributed by atoms with Crippen LogP contribution in [0.1, 0.15) is 10.4 Å². The minimum Gasteiger partial charge on any atom is -0.492 e. The van der Waals surface area contributed by atoms with Gasteiger partial charge in [-0.2, -0.15) is 0 Å². The van der Waals surface area contributed by atoms with E-state index in [1.807, 2.05) is 22.6 Å². The van der Waals surface area contributed by atoms with E-state index in [9.17, 15) is 4.79 Å². The molecule has 1 rings (SSSR count). The van der Waals surface area contributed by atoms with Gasteiger partial charge < -0.3 is 15.2 Å². The topological polar surface area (TPSA) is 61.5 Å². The van der Waals surface area contributed by atoms with Gasteiger partial charge >= 0.3 is 0 Å². The minimum absolute atomic E-state index is 0.136. The van der Waals surface area contributed by atoms with Crippen molar-refractivity contribution in [3.63, 3.8) is 0 Å². The Morgan fingerprint density at radius 2 is 1.93 bits per heavy atom. The molecule has 0 aliphatic rings. The summed E-state index contributed by atoms with van der Waals surface area (Å²) in [6, 6.07) is 1.60. The van der Waals surface area contributed by atoms with E-state index >= 15 is 0 Å². The van der Waals surface area contributed by atoms with Gasteiger partial charge in [-0.25, -0.2) is 0 Å². The van der Waals surface area contributed by atoms with Crippen LogP contribution in [-0.4, -0.2) is 20.1 Å². The average molecular weight is 342 g/mol. The quantitative estimate of drug-likeness (QED) is 0.856. The minimum atomic E-state index is -0.647. The molecule has 0 aromatic heterocycles. The highest BCUT2D eigenvalue weighted by Gasteiger charge is 2.21. The Bertz CT molecular complexity index is 409. The molecule has 1 aromatic carbocycles. The van der Waals surface area contributed by atoms with Crippen LogP contribution in [0.25, 0.3) is 0 Å².